The lowest BCUT2D eigenvalue weighted by Gasteiger charge is -2.08. The number of rotatable bonds is 5. The molecule has 0 atom stereocenters. The van der Waals surface area contributed by atoms with Crippen LogP contribution < -0.4 is 14.8 Å². The fourth-order valence-corrected chi connectivity index (χ4v) is 3.56. The van der Waals surface area contributed by atoms with Gasteiger partial charge < -0.3 is 14.8 Å². The lowest BCUT2D eigenvalue weighted by atomic mass is 10.1. The molecule has 1 aliphatic heterocycles. The van der Waals surface area contributed by atoms with E-state index in [1.54, 1.807) is 6.20 Å². The average Bonchev–Trinajstić information content (AvgIpc) is 3.40. The van der Waals surface area contributed by atoms with E-state index < -0.39 is 0 Å². The Hall–Kier alpha value is -3.51. The lowest BCUT2D eigenvalue weighted by Crippen LogP contribution is -2.22. The molecule has 0 unspecified atom stereocenters. The molecular formula is C23H18ClN3O3. The summed E-state index contributed by atoms with van der Waals surface area (Å²) < 4.78 is 12.6. The first-order chi connectivity index (χ1) is 14.7. The molecule has 150 valence electrons. The number of hydrogen-bond donors (Lipinski definition) is 1. The number of benzene rings is 3. The van der Waals surface area contributed by atoms with Crippen LogP contribution in [0.1, 0.15) is 21.5 Å². The van der Waals surface area contributed by atoms with Crippen molar-refractivity contribution in [3.8, 4) is 11.5 Å². The van der Waals surface area contributed by atoms with Crippen LogP contribution in [0.2, 0.25) is 5.02 Å². The second-order valence-electron chi connectivity index (χ2n) is 7.07. The Morgan fingerprint density at radius 3 is 2.67 bits per heavy atom. The van der Waals surface area contributed by atoms with E-state index in [4.69, 9.17) is 21.1 Å². The highest BCUT2D eigenvalue weighted by Gasteiger charge is 2.14. The fourth-order valence-electron chi connectivity index (χ4n) is 3.44. The zero-order valence-electron chi connectivity index (χ0n) is 16.0. The van der Waals surface area contributed by atoms with Crippen molar-refractivity contribution >= 4 is 28.4 Å². The van der Waals surface area contributed by atoms with E-state index in [9.17, 15) is 4.79 Å². The van der Waals surface area contributed by atoms with Crippen LogP contribution in [0.25, 0.3) is 10.9 Å². The molecule has 1 aliphatic rings. The third-order valence-corrected chi connectivity index (χ3v) is 5.29. The normalized spacial score (nSPS) is 12.3. The van der Waals surface area contributed by atoms with Gasteiger partial charge in [-0.3, -0.25) is 9.48 Å². The zero-order chi connectivity index (χ0) is 20.5. The minimum absolute atomic E-state index is 0.145. The van der Waals surface area contributed by atoms with Crippen molar-refractivity contribution in [2.45, 2.75) is 13.1 Å². The van der Waals surface area contributed by atoms with Crippen LogP contribution in [0.3, 0.4) is 0 Å². The molecule has 1 aromatic heterocycles. The van der Waals surface area contributed by atoms with Crippen LogP contribution in [0.5, 0.6) is 11.5 Å². The molecule has 0 saturated carbocycles. The third-order valence-electron chi connectivity index (χ3n) is 5.04. The summed E-state index contributed by atoms with van der Waals surface area (Å²) in [7, 11) is 0. The quantitative estimate of drug-likeness (QED) is 0.520. The van der Waals surface area contributed by atoms with Gasteiger partial charge in [0.05, 0.1) is 18.3 Å². The van der Waals surface area contributed by atoms with Crippen LogP contribution in [0.4, 0.5) is 0 Å². The molecule has 7 heteroatoms. The molecule has 1 N–H and O–H groups in total. The highest BCUT2D eigenvalue weighted by atomic mass is 35.5. The number of nitrogens with one attached hydrogen (secondary N) is 1. The molecule has 0 aliphatic carbocycles. The molecule has 6 nitrogen and oxygen atoms in total. The summed E-state index contributed by atoms with van der Waals surface area (Å²) in [6.07, 6.45) is 1.81. The third kappa shape index (κ3) is 3.69. The number of nitrogens with zero attached hydrogens (tertiary/aromatic N) is 2. The van der Waals surface area contributed by atoms with Crippen LogP contribution in [-0.2, 0) is 13.1 Å². The van der Waals surface area contributed by atoms with Gasteiger partial charge in [0.15, 0.2) is 11.5 Å². The van der Waals surface area contributed by atoms with Gasteiger partial charge in [0.1, 0.15) is 0 Å². The maximum Gasteiger partial charge on any atom is 0.251 e. The summed E-state index contributed by atoms with van der Waals surface area (Å²) in [5.74, 6) is 1.28. The first-order valence-corrected chi connectivity index (χ1v) is 9.90. The Labute approximate surface area is 178 Å². The first kappa shape index (κ1) is 18.5. The standard InChI is InChI=1S/C23H18ClN3O3/c24-19-6-1-15(2-7-19)13-27-20-10-17(4-5-18(20)12-26-27)23(28)25-11-16-3-8-21-22(9-16)30-14-29-21/h1-10,12H,11,13-14H2,(H,25,28). The SMILES string of the molecule is O=C(NCc1ccc2c(c1)OCO2)c1ccc2cnn(Cc3ccc(Cl)cc3)c2c1. The van der Waals surface area contributed by atoms with Crippen LogP contribution >= 0.6 is 11.6 Å². The minimum Gasteiger partial charge on any atom is -0.454 e. The van der Waals surface area contributed by atoms with Crippen molar-refractivity contribution in [1.82, 2.24) is 15.1 Å². The average molecular weight is 420 g/mol. The topological polar surface area (TPSA) is 65.4 Å². The monoisotopic (exact) mass is 419 g/mol. The Morgan fingerprint density at radius 1 is 1.00 bits per heavy atom. The van der Waals surface area contributed by atoms with Gasteiger partial charge in [-0.15, -0.1) is 0 Å². The van der Waals surface area contributed by atoms with Gasteiger partial charge in [-0.05, 0) is 47.5 Å². The Morgan fingerprint density at radius 2 is 1.80 bits per heavy atom. The molecule has 0 bridgehead atoms. The van der Waals surface area contributed by atoms with Gasteiger partial charge in [0.2, 0.25) is 6.79 Å². The molecule has 0 saturated heterocycles. The first-order valence-electron chi connectivity index (χ1n) is 9.52. The number of carbonyl (C=O) groups is 1. The van der Waals surface area contributed by atoms with Gasteiger partial charge in [0.25, 0.3) is 5.91 Å². The predicted molar refractivity (Wildman–Crippen MR) is 114 cm³/mol. The Balaban J connectivity index is 1.32. The van der Waals surface area contributed by atoms with Crippen LogP contribution in [0, 0.1) is 0 Å². The van der Waals surface area contributed by atoms with Crippen molar-refractivity contribution < 1.29 is 14.3 Å². The van der Waals surface area contributed by atoms with Crippen molar-refractivity contribution in [3.63, 3.8) is 0 Å². The number of fused-ring (bicyclic) bond motifs is 2. The van der Waals surface area contributed by atoms with Crippen LogP contribution in [-0.4, -0.2) is 22.5 Å². The molecule has 0 spiro atoms. The molecule has 4 aromatic rings. The summed E-state index contributed by atoms with van der Waals surface area (Å²) in [6, 6.07) is 18.9. The molecule has 30 heavy (non-hydrogen) atoms. The van der Waals surface area contributed by atoms with Crippen molar-refractivity contribution in [2.75, 3.05) is 6.79 Å². The maximum absolute atomic E-state index is 12.7. The second kappa shape index (κ2) is 7.72. The molecule has 3 aromatic carbocycles. The van der Waals surface area contributed by atoms with E-state index in [1.165, 1.54) is 0 Å². The minimum atomic E-state index is -0.145. The summed E-state index contributed by atoms with van der Waals surface area (Å²) in [5.41, 5.74) is 3.52. The number of amides is 1. The van der Waals surface area contributed by atoms with Gasteiger partial charge in [-0.25, -0.2) is 0 Å². The summed E-state index contributed by atoms with van der Waals surface area (Å²) >= 11 is 5.97. The lowest BCUT2D eigenvalue weighted by molar-refractivity contribution is 0.0951. The van der Waals surface area contributed by atoms with Crippen LogP contribution in [0.15, 0.2) is 66.9 Å². The zero-order valence-corrected chi connectivity index (χ0v) is 16.7. The molecule has 0 radical (unpaired) electrons. The molecule has 0 fully saturated rings. The second-order valence-corrected chi connectivity index (χ2v) is 7.51. The van der Waals surface area contributed by atoms with E-state index >= 15 is 0 Å². The van der Waals surface area contributed by atoms with E-state index in [0.29, 0.717) is 29.4 Å². The van der Waals surface area contributed by atoms with Crippen molar-refractivity contribution in [3.05, 3.63) is 88.6 Å². The number of carbonyl (C=O) groups excluding carboxylic acids is 1. The molecule has 1 amide bonds. The number of hydrogen-bond acceptors (Lipinski definition) is 4. The molecule has 2 heterocycles. The maximum atomic E-state index is 12.7. The van der Waals surface area contributed by atoms with E-state index in [2.05, 4.69) is 10.4 Å². The van der Waals surface area contributed by atoms with Crippen molar-refractivity contribution in [1.29, 1.82) is 0 Å². The van der Waals surface area contributed by atoms with E-state index in [-0.39, 0.29) is 12.7 Å². The summed E-state index contributed by atoms with van der Waals surface area (Å²) in [5, 5.41) is 9.11. The van der Waals surface area contributed by atoms with E-state index in [0.717, 1.165) is 27.8 Å². The Kier molecular flexibility index (Phi) is 4.77. The summed E-state index contributed by atoms with van der Waals surface area (Å²) in [6.45, 7) is 1.23. The predicted octanol–water partition coefficient (Wildman–Crippen LogP) is 4.40. The highest BCUT2D eigenvalue weighted by molar-refractivity contribution is 6.30. The number of halogens is 1. The van der Waals surface area contributed by atoms with Gasteiger partial charge in [-0.1, -0.05) is 35.9 Å². The highest BCUT2D eigenvalue weighted by Crippen LogP contribution is 2.32. The molecule has 5 rings (SSSR count). The van der Waals surface area contributed by atoms with Crippen molar-refractivity contribution in [2.24, 2.45) is 0 Å². The molecular weight excluding hydrogens is 402 g/mol. The number of ether oxygens (including phenoxy) is 2. The number of aromatic nitrogens is 2. The smallest absolute Gasteiger partial charge is 0.251 e. The summed E-state index contributed by atoms with van der Waals surface area (Å²) in [4.78, 5) is 12.7. The van der Waals surface area contributed by atoms with E-state index in [1.807, 2.05) is 65.3 Å². The van der Waals surface area contributed by atoms with Gasteiger partial charge in [0, 0.05) is 22.5 Å². The van der Waals surface area contributed by atoms with Gasteiger partial charge >= 0.3 is 0 Å². The Bertz CT molecular complexity index is 1230. The van der Waals surface area contributed by atoms with Gasteiger partial charge in [-0.2, -0.15) is 5.10 Å². The fraction of sp³-hybridized carbons (Fsp3) is 0.130. The largest absolute Gasteiger partial charge is 0.454 e.